The number of benzene rings is 1. The molecule has 1 aliphatic carbocycles. The summed E-state index contributed by atoms with van der Waals surface area (Å²) in [5, 5.41) is 3.45. The second-order valence-corrected chi connectivity index (χ2v) is 5.47. The monoisotopic (exact) mass is 309 g/mol. The van der Waals surface area contributed by atoms with E-state index in [1.165, 1.54) is 26.0 Å². The quantitative estimate of drug-likeness (QED) is 0.848. The Hall–Kier alpha value is -1.68. The summed E-state index contributed by atoms with van der Waals surface area (Å²) in [6.07, 6.45) is 7.78. The van der Waals surface area contributed by atoms with Gasteiger partial charge in [-0.25, -0.2) is 0 Å². The van der Waals surface area contributed by atoms with E-state index in [0.29, 0.717) is 22.6 Å². The van der Waals surface area contributed by atoms with E-state index in [0.717, 1.165) is 18.4 Å². The van der Waals surface area contributed by atoms with Crippen molar-refractivity contribution in [1.82, 2.24) is 5.32 Å². The molecule has 5 heteroatoms. The van der Waals surface area contributed by atoms with Crippen molar-refractivity contribution in [2.75, 3.05) is 14.2 Å². The lowest BCUT2D eigenvalue weighted by atomic mass is 10.1. The molecule has 1 saturated carbocycles. The van der Waals surface area contributed by atoms with E-state index in [-0.39, 0.29) is 5.91 Å². The SMILES string of the molecule is COc1cc(/C=C/C(=O)NC2CCCC2)cc(Cl)c1OC. The molecular formula is C16H20ClNO3. The number of ether oxygens (including phenoxy) is 2. The van der Waals surface area contributed by atoms with Gasteiger partial charge in [0, 0.05) is 12.1 Å². The predicted octanol–water partition coefficient (Wildman–Crippen LogP) is 3.43. The molecule has 0 spiro atoms. The maximum Gasteiger partial charge on any atom is 0.244 e. The minimum atomic E-state index is -0.0761. The third kappa shape index (κ3) is 4.14. The molecule has 1 N–H and O–H groups in total. The lowest BCUT2D eigenvalue weighted by molar-refractivity contribution is -0.117. The van der Waals surface area contributed by atoms with Crippen LogP contribution < -0.4 is 14.8 Å². The van der Waals surface area contributed by atoms with E-state index in [4.69, 9.17) is 21.1 Å². The van der Waals surface area contributed by atoms with Gasteiger partial charge in [-0.15, -0.1) is 0 Å². The van der Waals surface area contributed by atoms with Crippen LogP contribution in [0.15, 0.2) is 18.2 Å². The number of nitrogens with one attached hydrogen (secondary N) is 1. The Kier molecular flexibility index (Phi) is 5.51. The average Bonchev–Trinajstić information content (AvgIpc) is 2.97. The highest BCUT2D eigenvalue weighted by molar-refractivity contribution is 6.32. The van der Waals surface area contributed by atoms with Crippen LogP contribution in [0.2, 0.25) is 5.02 Å². The van der Waals surface area contributed by atoms with Crippen LogP contribution in [0.3, 0.4) is 0 Å². The van der Waals surface area contributed by atoms with Gasteiger partial charge in [-0.1, -0.05) is 24.4 Å². The predicted molar refractivity (Wildman–Crippen MR) is 84.0 cm³/mol. The van der Waals surface area contributed by atoms with Gasteiger partial charge in [0.15, 0.2) is 11.5 Å². The third-order valence-corrected chi connectivity index (χ3v) is 3.87. The van der Waals surface area contributed by atoms with Gasteiger partial charge in [0.25, 0.3) is 0 Å². The van der Waals surface area contributed by atoms with Crippen molar-refractivity contribution in [2.45, 2.75) is 31.7 Å². The maximum absolute atomic E-state index is 11.8. The summed E-state index contributed by atoms with van der Waals surface area (Å²) in [7, 11) is 3.09. The highest BCUT2D eigenvalue weighted by Gasteiger charge is 2.15. The van der Waals surface area contributed by atoms with E-state index < -0.39 is 0 Å². The molecule has 0 bridgehead atoms. The number of carbonyl (C=O) groups excluding carboxylic acids is 1. The zero-order valence-electron chi connectivity index (χ0n) is 12.3. The van der Waals surface area contributed by atoms with Gasteiger partial charge in [-0.3, -0.25) is 4.79 Å². The minimum Gasteiger partial charge on any atom is -0.493 e. The van der Waals surface area contributed by atoms with Crippen LogP contribution in [-0.4, -0.2) is 26.2 Å². The molecule has 1 aromatic rings. The molecule has 114 valence electrons. The first-order chi connectivity index (χ1) is 10.1. The highest BCUT2D eigenvalue weighted by Crippen LogP contribution is 2.36. The van der Waals surface area contributed by atoms with E-state index in [1.807, 2.05) is 0 Å². The van der Waals surface area contributed by atoms with E-state index >= 15 is 0 Å². The number of methoxy groups -OCH3 is 2. The minimum absolute atomic E-state index is 0.0761. The maximum atomic E-state index is 11.8. The molecule has 0 saturated heterocycles. The fourth-order valence-electron chi connectivity index (χ4n) is 2.53. The zero-order valence-corrected chi connectivity index (χ0v) is 13.1. The second-order valence-electron chi connectivity index (χ2n) is 5.06. The molecule has 4 nitrogen and oxygen atoms in total. The normalized spacial score (nSPS) is 15.4. The zero-order chi connectivity index (χ0) is 15.2. The molecule has 0 aliphatic heterocycles. The van der Waals surface area contributed by atoms with Crippen LogP contribution >= 0.6 is 11.6 Å². The van der Waals surface area contributed by atoms with Gasteiger partial charge < -0.3 is 14.8 Å². The van der Waals surface area contributed by atoms with Crippen molar-refractivity contribution in [3.63, 3.8) is 0 Å². The first kappa shape index (κ1) is 15.7. The van der Waals surface area contributed by atoms with Crippen molar-refractivity contribution in [1.29, 1.82) is 0 Å². The van der Waals surface area contributed by atoms with Gasteiger partial charge in [0.1, 0.15) is 0 Å². The molecule has 0 atom stereocenters. The highest BCUT2D eigenvalue weighted by atomic mass is 35.5. The Labute approximate surface area is 130 Å². The largest absolute Gasteiger partial charge is 0.493 e. The Balaban J connectivity index is 2.06. The van der Waals surface area contributed by atoms with Gasteiger partial charge in [0.05, 0.1) is 19.2 Å². The Morgan fingerprint density at radius 1 is 1.29 bits per heavy atom. The third-order valence-electron chi connectivity index (χ3n) is 3.58. The molecule has 0 radical (unpaired) electrons. The lowest BCUT2D eigenvalue weighted by Crippen LogP contribution is -2.30. The van der Waals surface area contributed by atoms with Gasteiger partial charge in [-0.05, 0) is 36.6 Å². The van der Waals surface area contributed by atoms with Crippen LogP contribution in [0.1, 0.15) is 31.2 Å². The van der Waals surface area contributed by atoms with Crippen molar-refractivity contribution in [3.05, 3.63) is 28.8 Å². The summed E-state index contributed by atoms with van der Waals surface area (Å²) in [4.78, 5) is 11.8. The second kappa shape index (κ2) is 7.36. The number of hydrogen-bond acceptors (Lipinski definition) is 3. The summed E-state index contributed by atoms with van der Waals surface area (Å²) < 4.78 is 10.4. The van der Waals surface area contributed by atoms with Crippen molar-refractivity contribution in [2.24, 2.45) is 0 Å². The fourth-order valence-corrected chi connectivity index (χ4v) is 2.82. The van der Waals surface area contributed by atoms with Crippen LogP contribution in [0.25, 0.3) is 6.08 Å². The van der Waals surface area contributed by atoms with Gasteiger partial charge >= 0.3 is 0 Å². The number of rotatable bonds is 5. The molecular weight excluding hydrogens is 290 g/mol. The number of amides is 1. The molecule has 2 rings (SSSR count). The summed E-state index contributed by atoms with van der Waals surface area (Å²) in [6, 6.07) is 3.84. The van der Waals surface area contributed by atoms with E-state index in [9.17, 15) is 4.79 Å². The summed E-state index contributed by atoms with van der Waals surface area (Å²) in [5.74, 6) is 0.959. The number of carbonyl (C=O) groups is 1. The summed E-state index contributed by atoms with van der Waals surface area (Å²) >= 11 is 6.13. The molecule has 21 heavy (non-hydrogen) atoms. The standard InChI is InChI=1S/C16H20ClNO3/c1-20-14-10-11(9-13(17)16(14)21-2)7-8-15(19)18-12-5-3-4-6-12/h7-10,12H,3-6H2,1-2H3,(H,18,19)/b8-7+. The van der Waals surface area contributed by atoms with Crippen molar-refractivity contribution >= 4 is 23.6 Å². The molecule has 1 aromatic carbocycles. The smallest absolute Gasteiger partial charge is 0.244 e. The van der Waals surface area contributed by atoms with Crippen LogP contribution in [0.4, 0.5) is 0 Å². The molecule has 1 aliphatic rings. The first-order valence-electron chi connectivity index (χ1n) is 7.04. The van der Waals surface area contributed by atoms with Gasteiger partial charge in [-0.2, -0.15) is 0 Å². The topological polar surface area (TPSA) is 47.6 Å². The van der Waals surface area contributed by atoms with E-state index in [2.05, 4.69) is 5.32 Å². The summed E-state index contributed by atoms with van der Waals surface area (Å²) in [6.45, 7) is 0. The van der Waals surface area contributed by atoms with Crippen molar-refractivity contribution < 1.29 is 14.3 Å². The first-order valence-corrected chi connectivity index (χ1v) is 7.42. The van der Waals surface area contributed by atoms with Crippen LogP contribution in [0, 0.1) is 0 Å². The Morgan fingerprint density at radius 2 is 2.00 bits per heavy atom. The molecule has 1 amide bonds. The molecule has 0 heterocycles. The Bertz CT molecular complexity index is 537. The van der Waals surface area contributed by atoms with E-state index in [1.54, 1.807) is 25.3 Å². The van der Waals surface area contributed by atoms with Crippen molar-refractivity contribution in [3.8, 4) is 11.5 Å². The van der Waals surface area contributed by atoms with Crippen LogP contribution in [-0.2, 0) is 4.79 Å². The lowest BCUT2D eigenvalue weighted by Gasteiger charge is -2.11. The Morgan fingerprint density at radius 3 is 2.62 bits per heavy atom. The number of hydrogen-bond donors (Lipinski definition) is 1. The molecule has 0 aromatic heterocycles. The van der Waals surface area contributed by atoms with Crippen LogP contribution in [0.5, 0.6) is 11.5 Å². The fraction of sp³-hybridized carbons (Fsp3) is 0.438. The van der Waals surface area contributed by atoms with Gasteiger partial charge in [0.2, 0.25) is 5.91 Å². The number of halogens is 1. The average molecular weight is 310 g/mol. The molecule has 0 unspecified atom stereocenters. The molecule has 1 fully saturated rings. The summed E-state index contributed by atoms with van der Waals surface area (Å²) in [5.41, 5.74) is 0.791.